The number of hydrogen-bond donors (Lipinski definition) is 1. The minimum Gasteiger partial charge on any atom is -0.481 e. The first-order valence-corrected chi connectivity index (χ1v) is 7.86. The number of nitrogens with zero attached hydrogens (tertiary/aromatic N) is 1. The molecule has 0 radical (unpaired) electrons. The minimum absolute atomic E-state index is 0.164. The molecule has 0 aliphatic carbocycles. The number of halogens is 4. The summed E-state index contributed by atoms with van der Waals surface area (Å²) >= 11 is 17.7. The van der Waals surface area contributed by atoms with Gasteiger partial charge in [0.25, 0.3) is 5.91 Å². The first-order valence-electron chi connectivity index (χ1n) is 6.73. The maximum absolute atomic E-state index is 12.9. The van der Waals surface area contributed by atoms with Gasteiger partial charge in [-0.1, -0.05) is 46.9 Å². The molecule has 0 saturated heterocycles. The number of hydrogen-bond acceptors (Lipinski definition) is 3. The molecule has 1 N–H and O–H groups in total. The number of rotatable bonds is 5. The summed E-state index contributed by atoms with van der Waals surface area (Å²) in [5.74, 6) is -0.684. The Morgan fingerprint density at radius 3 is 2.33 bits per heavy atom. The van der Waals surface area contributed by atoms with Gasteiger partial charge in [-0.05, 0) is 36.8 Å². The summed E-state index contributed by atoms with van der Waals surface area (Å²) < 4.78 is 18.1. The minimum atomic E-state index is -0.501. The molecule has 4 nitrogen and oxygen atoms in total. The Labute approximate surface area is 153 Å². The van der Waals surface area contributed by atoms with Crippen molar-refractivity contribution in [3.63, 3.8) is 0 Å². The molecule has 0 bridgehead atoms. The lowest BCUT2D eigenvalue weighted by molar-refractivity contribution is -0.123. The van der Waals surface area contributed by atoms with Crippen molar-refractivity contribution in [2.45, 2.75) is 6.92 Å². The molecule has 8 heteroatoms. The average molecular weight is 390 g/mol. The summed E-state index contributed by atoms with van der Waals surface area (Å²) in [6.07, 6.45) is 0. The topological polar surface area (TPSA) is 50.7 Å². The molecular formula is C16H12Cl3FN2O2. The van der Waals surface area contributed by atoms with Gasteiger partial charge in [-0.2, -0.15) is 5.10 Å². The normalized spacial score (nSPS) is 11.3. The van der Waals surface area contributed by atoms with Gasteiger partial charge in [0, 0.05) is 5.02 Å². The third kappa shape index (κ3) is 5.09. The first kappa shape index (κ1) is 18.5. The van der Waals surface area contributed by atoms with Gasteiger partial charge in [-0.15, -0.1) is 0 Å². The highest BCUT2D eigenvalue weighted by Crippen LogP contribution is 2.35. The molecule has 0 unspecified atom stereocenters. The third-order valence-electron chi connectivity index (χ3n) is 2.92. The van der Waals surface area contributed by atoms with Crippen LogP contribution in [0.1, 0.15) is 12.5 Å². The Hall–Kier alpha value is -1.82. The van der Waals surface area contributed by atoms with Crippen LogP contribution in [0, 0.1) is 5.82 Å². The summed E-state index contributed by atoms with van der Waals surface area (Å²) in [6, 6.07) is 8.65. The SMILES string of the molecule is C/C(=N/NC(=O)COc1c(Cl)cc(Cl)cc1Cl)c1ccc(F)cc1. The van der Waals surface area contributed by atoms with Crippen LogP contribution in [0.3, 0.4) is 0 Å². The third-order valence-corrected chi connectivity index (χ3v) is 3.70. The van der Waals surface area contributed by atoms with Crippen LogP contribution >= 0.6 is 34.8 Å². The summed E-state index contributed by atoms with van der Waals surface area (Å²) in [4.78, 5) is 11.8. The van der Waals surface area contributed by atoms with Crippen LogP contribution in [-0.2, 0) is 4.79 Å². The molecule has 126 valence electrons. The molecule has 2 aromatic rings. The second-order valence-electron chi connectivity index (χ2n) is 4.73. The molecule has 1 amide bonds. The second-order valence-corrected chi connectivity index (χ2v) is 5.98. The van der Waals surface area contributed by atoms with Crippen molar-refractivity contribution < 1.29 is 13.9 Å². The van der Waals surface area contributed by atoms with Crippen LogP contribution in [0.25, 0.3) is 0 Å². The van der Waals surface area contributed by atoms with Crippen molar-refractivity contribution in [3.8, 4) is 5.75 Å². The molecule has 0 aliphatic heterocycles. The van der Waals surface area contributed by atoms with Crippen LogP contribution in [0.4, 0.5) is 4.39 Å². The lowest BCUT2D eigenvalue weighted by Gasteiger charge is -2.09. The monoisotopic (exact) mass is 388 g/mol. The summed E-state index contributed by atoms with van der Waals surface area (Å²) in [6.45, 7) is 1.35. The lowest BCUT2D eigenvalue weighted by atomic mass is 10.1. The van der Waals surface area contributed by atoms with Gasteiger partial charge in [-0.3, -0.25) is 4.79 Å². The Balaban J connectivity index is 1.94. The van der Waals surface area contributed by atoms with E-state index in [2.05, 4.69) is 10.5 Å². The largest absolute Gasteiger partial charge is 0.481 e. The number of amides is 1. The Bertz CT molecular complexity index is 756. The molecule has 0 saturated carbocycles. The van der Waals surface area contributed by atoms with E-state index in [1.54, 1.807) is 19.1 Å². The van der Waals surface area contributed by atoms with E-state index in [9.17, 15) is 9.18 Å². The van der Waals surface area contributed by atoms with E-state index in [4.69, 9.17) is 39.5 Å². The fraction of sp³-hybridized carbons (Fsp3) is 0.125. The summed E-state index contributed by atoms with van der Waals surface area (Å²) in [7, 11) is 0. The molecule has 0 fully saturated rings. The fourth-order valence-electron chi connectivity index (χ4n) is 1.74. The van der Waals surface area contributed by atoms with E-state index >= 15 is 0 Å². The van der Waals surface area contributed by atoms with E-state index in [1.807, 2.05) is 0 Å². The molecule has 2 aromatic carbocycles. The first-order chi connectivity index (χ1) is 11.4. The molecule has 0 spiro atoms. The molecule has 0 heterocycles. The molecular weight excluding hydrogens is 378 g/mol. The second kappa shape index (κ2) is 8.33. The van der Waals surface area contributed by atoms with Crippen molar-refractivity contribution in [2.75, 3.05) is 6.61 Å². The van der Waals surface area contributed by atoms with Crippen molar-refractivity contribution >= 4 is 46.4 Å². The van der Waals surface area contributed by atoms with Gasteiger partial charge in [0.2, 0.25) is 0 Å². The van der Waals surface area contributed by atoms with Gasteiger partial charge < -0.3 is 4.74 Å². The summed E-state index contributed by atoms with van der Waals surface area (Å²) in [5, 5.41) is 4.69. The van der Waals surface area contributed by atoms with Crippen LogP contribution in [-0.4, -0.2) is 18.2 Å². The van der Waals surface area contributed by atoms with Crippen molar-refractivity contribution in [1.82, 2.24) is 5.43 Å². The molecule has 0 aliphatic rings. The molecule has 2 rings (SSSR count). The smallest absolute Gasteiger partial charge is 0.277 e. The van der Waals surface area contributed by atoms with E-state index in [0.29, 0.717) is 16.3 Å². The van der Waals surface area contributed by atoms with E-state index < -0.39 is 5.91 Å². The Morgan fingerprint density at radius 1 is 1.17 bits per heavy atom. The van der Waals surface area contributed by atoms with Crippen LogP contribution in [0.2, 0.25) is 15.1 Å². The molecule has 0 aromatic heterocycles. The van der Waals surface area contributed by atoms with Gasteiger partial charge >= 0.3 is 0 Å². The molecule has 24 heavy (non-hydrogen) atoms. The average Bonchev–Trinajstić information content (AvgIpc) is 2.52. The zero-order valence-corrected chi connectivity index (χ0v) is 14.7. The van der Waals surface area contributed by atoms with E-state index in [1.165, 1.54) is 24.3 Å². The number of nitrogens with one attached hydrogen (secondary N) is 1. The summed E-state index contributed by atoms with van der Waals surface area (Å²) in [5.41, 5.74) is 3.54. The van der Waals surface area contributed by atoms with Crippen LogP contribution in [0.5, 0.6) is 5.75 Å². The number of ether oxygens (including phenoxy) is 1. The molecule has 0 atom stereocenters. The van der Waals surface area contributed by atoms with Gasteiger partial charge in [0.1, 0.15) is 5.82 Å². The number of carbonyl (C=O) groups is 1. The van der Waals surface area contributed by atoms with Gasteiger partial charge in [0.05, 0.1) is 15.8 Å². The Kier molecular flexibility index (Phi) is 6.43. The van der Waals surface area contributed by atoms with Crippen molar-refractivity contribution in [3.05, 3.63) is 62.8 Å². The highest BCUT2D eigenvalue weighted by molar-refractivity contribution is 6.40. The predicted molar refractivity (Wildman–Crippen MR) is 93.7 cm³/mol. The quantitative estimate of drug-likeness (QED) is 0.595. The van der Waals surface area contributed by atoms with Gasteiger partial charge in [-0.25, -0.2) is 9.82 Å². The van der Waals surface area contributed by atoms with Crippen molar-refractivity contribution in [1.29, 1.82) is 0 Å². The zero-order chi connectivity index (χ0) is 17.7. The number of benzene rings is 2. The van der Waals surface area contributed by atoms with Crippen molar-refractivity contribution in [2.24, 2.45) is 5.10 Å². The highest BCUT2D eigenvalue weighted by Gasteiger charge is 2.11. The van der Waals surface area contributed by atoms with Gasteiger partial charge in [0.15, 0.2) is 12.4 Å². The maximum atomic E-state index is 12.9. The zero-order valence-electron chi connectivity index (χ0n) is 12.4. The maximum Gasteiger partial charge on any atom is 0.277 e. The number of hydrazone groups is 1. The standard InChI is InChI=1S/C16H12Cl3FN2O2/c1-9(10-2-4-12(20)5-3-10)21-22-15(23)8-24-16-13(18)6-11(17)7-14(16)19/h2-7H,8H2,1H3,(H,22,23)/b21-9-. The van der Waals surface area contributed by atoms with Crippen LogP contribution < -0.4 is 10.2 Å². The van der Waals surface area contributed by atoms with E-state index in [-0.39, 0.29) is 28.2 Å². The Morgan fingerprint density at radius 2 is 1.75 bits per heavy atom. The lowest BCUT2D eigenvalue weighted by Crippen LogP contribution is -2.25. The van der Waals surface area contributed by atoms with E-state index in [0.717, 1.165) is 0 Å². The van der Waals surface area contributed by atoms with Crippen LogP contribution in [0.15, 0.2) is 41.5 Å². The fourth-order valence-corrected chi connectivity index (χ4v) is 2.66. The predicted octanol–water partition coefficient (Wildman–Crippen LogP) is 4.71. The number of carbonyl (C=O) groups excluding carboxylic acids is 1. The highest BCUT2D eigenvalue weighted by atomic mass is 35.5.